The predicted octanol–water partition coefficient (Wildman–Crippen LogP) is 2.04. The highest BCUT2D eigenvalue weighted by Gasteiger charge is 2.37. The van der Waals surface area contributed by atoms with Crippen LogP contribution < -0.4 is 4.90 Å². The molecule has 2 aromatic rings. The lowest BCUT2D eigenvalue weighted by Gasteiger charge is -2.40. The first kappa shape index (κ1) is 21.3. The monoisotopic (exact) mass is 441 g/mol. The van der Waals surface area contributed by atoms with Crippen LogP contribution in [0.5, 0.6) is 0 Å². The van der Waals surface area contributed by atoms with Crippen molar-refractivity contribution >= 4 is 26.9 Å². The van der Waals surface area contributed by atoms with Crippen LogP contribution in [0.4, 0.5) is 14.6 Å². The molecule has 0 amide bonds. The van der Waals surface area contributed by atoms with Crippen molar-refractivity contribution in [2.45, 2.75) is 32.5 Å². The molecule has 164 valence electrons. The Labute approximate surface area is 174 Å². The zero-order valence-electron chi connectivity index (χ0n) is 16.9. The molecule has 11 heteroatoms. The maximum absolute atomic E-state index is 13.3. The number of para-hydroxylation sites is 1. The minimum Gasteiger partial charge on any atom is -0.373 e. The van der Waals surface area contributed by atoms with Crippen molar-refractivity contribution in [2.24, 2.45) is 0 Å². The molecule has 2 atom stereocenters. The molecular weight excluding hydrogens is 416 g/mol. The van der Waals surface area contributed by atoms with Crippen LogP contribution in [0.15, 0.2) is 24.3 Å². The molecule has 2 aliphatic heterocycles. The zero-order chi connectivity index (χ0) is 21.5. The Morgan fingerprint density at radius 1 is 1.00 bits per heavy atom. The van der Waals surface area contributed by atoms with E-state index >= 15 is 0 Å². The Morgan fingerprint density at radius 2 is 1.63 bits per heavy atom. The summed E-state index contributed by atoms with van der Waals surface area (Å²) >= 11 is 0. The Balaban J connectivity index is 1.54. The highest BCUT2D eigenvalue weighted by Crippen LogP contribution is 2.28. The molecule has 8 nitrogen and oxygen atoms in total. The highest BCUT2D eigenvalue weighted by molar-refractivity contribution is 7.86. The fourth-order valence-electron chi connectivity index (χ4n) is 4.03. The summed E-state index contributed by atoms with van der Waals surface area (Å²) in [6.45, 7) is 5.59. The molecule has 0 N–H and O–H groups in total. The van der Waals surface area contributed by atoms with E-state index in [1.54, 1.807) is 24.3 Å². The third kappa shape index (κ3) is 4.11. The van der Waals surface area contributed by atoms with Crippen LogP contribution in [0.1, 0.15) is 26.1 Å². The summed E-state index contributed by atoms with van der Waals surface area (Å²) < 4.78 is 61.3. The topological polar surface area (TPSA) is 78.9 Å². The van der Waals surface area contributed by atoms with Crippen LogP contribution in [-0.2, 0) is 14.9 Å². The van der Waals surface area contributed by atoms with Gasteiger partial charge in [-0.3, -0.25) is 0 Å². The summed E-state index contributed by atoms with van der Waals surface area (Å²) in [6.07, 6.45) is -3.10. The van der Waals surface area contributed by atoms with Gasteiger partial charge in [0, 0.05) is 44.7 Å². The normalized spacial score (nSPS) is 24.6. The second kappa shape index (κ2) is 8.29. The highest BCUT2D eigenvalue weighted by atomic mass is 32.2. The average molecular weight is 442 g/mol. The second-order valence-electron chi connectivity index (χ2n) is 7.69. The Morgan fingerprint density at radius 3 is 2.27 bits per heavy atom. The van der Waals surface area contributed by atoms with Gasteiger partial charge in [-0.25, -0.2) is 18.7 Å². The summed E-state index contributed by atoms with van der Waals surface area (Å²) in [4.78, 5) is 9.89. The SMILES string of the molecule is CC1CN(S(=O)(=O)N2CCN(c3nc(C(F)F)nc4ccccc34)CC2)CC(C)O1. The van der Waals surface area contributed by atoms with Gasteiger partial charge in [-0.15, -0.1) is 0 Å². The van der Waals surface area contributed by atoms with Gasteiger partial charge in [0.05, 0.1) is 17.7 Å². The quantitative estimate of drug-likeness (QED) is 0.723. The summed E-state index contributed by atoms with van der Waals surface area (Å²) in [5.41, 5.74) is 0.448. The molecule has 1 aromatic carbocycles. The smallest absolute Gasteiger partial charge is 0.297 e. The van der Waals surface area contributed by atoms with E-state index in [1.807, 2.05) is 18.7 Å². The second-order valence-corrected chi connectivity index (χ2v) is 9.62. The van der Waals surface area contributed by atoms with E-state index in [1.165, 1.54) is 8.61 Å². The molecule has 30 heavy (non-hydrogen) atoms. The van der Waals surface area contributed by atoms with Crippen molar-refractivity contribution < 1.29 is 21.9 Å². The standard InChI is InChI=1S/C19H25F2N5O3S/c1-13-11-26(12-14(2)29-13)30(27,28)25-9-7-24(8-10-25)19-15-5-3-4-6-16(15)22-18(23-19)17(20)21/h3-6,13-14,17H,7-12H2,1-2H3. The first-order valence-electron chi connectivity index (χ1n) is 9.96. The van der Waals surface area contributed by atoms with Gasteiger partial charge in [0.25, 0.3) is 16.6 Å². The van der Waals surface area contributed by atoms with Gasteiger partial charge in [-0.1, -0.05) is 12.1 Å². The molecule has 2 unspecified atom stereocenters. The lowest BCUT2D eigenvalue weighted by atomic mass is 10.2. The van der Waals surface area contributed by atoms with Gasteiger partial charge in [0.15, 0.2) is 5.82 Å². The number of hydrogen-bond acceptors (Lipinski definition) is 6. The van der Waals surface area contributed by atoms with Crippen molar-refractivity contribution in [1.82, 2.24) is 18.6 Å². The van der Waals surface area contributed by atoms with Gasteiger partial charge >= 0.3 is 0 Å². The Hall–Kier alpha value is -1.95. The van der Waals surface area contributed by atoms with Crippen LogP contribution in [-0.4, -0.2) is 78.5 Å². The zero-order valence-corrected chi connectivity index (χ0v) is 17.7. The van der Waals surface area contributed by atoms with Crippen LogP contribution in [0, 0.1) is 0 Å². The summed E-state index contributed by atoms with van der Waals surface area (Å²) in [5.74, 6) is -0.100. The number of nitrogens with zero attached hydrogens (tertiary/aromatic N) is 5. The lowest BCUT2D eigenvalue weighted by molar-refractivity contribution is -0.0455. The van der Waals surface area contributed by atoms with Crippen molar-refractivity contribution in [2.75, 3.05) is 44.2 Å². The number of ether oxygens (including phenoxy) is 1. The summed E-state index contributed by atoms with van der Waals surface area (Å²) in [6, 6.07) is 7.01. The van der Waals surface area contributed by atoms with Gasteiger partial charge in [-0.05, 0) is 26.0 Å². The minimum atomic E-state index is -3.61. The van der Waals surface area contributed by atoms with Crippen LogP contribution in [0.25, 0.3) is 10.9 Å². The molecule has 1 aromatic heterocycles. The third-order valence-electron chi connectivity index (χ3n) is 5.37. The van der Waals surface area contributed by atoms with E-state index in [2.05, 4.69) is 9.97 Å². The molecule has 0 bridgehead atoms. The number of benzene rings is 1. The fourth-order valence-corrected chi connectivity index (χ4v) is 5.78. The molecule has 2 aliphatic rings. The van der Waals surface area contributed by atoms with E-state index in [4.69, 9.17) is 4.74 Å². The molecule has 0 aliphatic carbocycles. The molecule has 3 heterocycles. The summed E-state index contributed by atoms with van der Waals surface area (Å²) in [5, 5.41) is 0.675. The molecule has 2 fully saturated rings. The Bertz CT molecular complexity index is 1000. The molecule has 2 saturated heterocycles. The number of fused-ring (bicyclic) bond motifs is 1. The van der Waals surface area contributed by atoms with Gasteiger partial charge < -0.3 is 9.64 Å². The largest absolute Gasteiger partial charge is 0.373 e. The number of halogens is 2. The molecular formula is C19H25F2N5O3S. The molecule has 0 spiro atoms. The van der Waals surface area contributed by atoms with Crippen molar-refractivity contribution in [3.05, 3.63) is 30.1 Å². The van der Waals surface area contributed by atoms with Crippen LogP contribution >= 0.6 is 0 Å². The first-order valence-corrected chi connectivity index (χ1v) is 11.4. The van der Waals surface area contributed by atoms with E-state index < -0.39 is 22.5 Å². The van der Waals surface area contributed by atoms with Gasteiger partial charge in [0.1, 0.15) is 5.82 Å². The van der Waals surface area contributed by atoms with E-state index in [0.717, 1.165) is 0 Å². The summed E-state index contributed by atoms with van der Waals surface area (Å²) in [7, 11) is -3.61. The average Bonchev–Trinajstić information content (AvgIpc) is 2.72. The van der Waals surface area contributed by atoms with Gasteiger partial charge in [-0.2, -0.15) is 17.0 Å². The number of alkyl halides is 2. The molecule has 0 saturated carbocycles. The molecule has 0 radical (unpaired) electrons. The first-order chi connectivity index (χ1) is 14.3. The maximum Gasteiger partial charge on any atom is 0.297 e. The number of rotatable bonds is 4. The van der Waals surface area contributed by atoms with Crippen molar-refractivity contribution in [3.63, 3.8) is 0 Å². The van der Waals surface area contributed by atoms with E-state index in [0.29, 0.717) is 42.9 Å². The van der Waals surface area contributed by atoms with Crippen LogP contribution in [0.2, 0.25) is 0 Å². The fraction of sp³-hybridized carbons (Fsp3) is 0.579. The Kier molecular flexibility index (Phi) is 5.88. The lowest BCUT2D eigenvalue weighted by Crippen LogP contribution is -2.57. The predicted molar refractivity (Wildman–Crippen MR) is 109 cm³/mol. The third-order valence-corrected chi connectivity index (χ3v) is 7.34. The number of morpholine rings is 1. The van der Waals surface area contributed by atoms with E-state index in [-0.39, 0.29) is 25.3 Å². The minimum absolute atomic E-state index is 0.162. The van der Waals surface area contributed by atoms with E-state index in [9.17, 15) is 17.2 Å². The number of anilines is 1. The van der Waals surface area contributed by atoms with Crippen molar-refractivity contribution in [3.8, 4) is 0 Å². The van der Waals surface area contributed by atoms with Crippen molar-refractivity contribution in [1.29, 1.82) is 0 Å². The number of piperazine rings is 1. The maximum atomic E-state index is 13.3. The number of hydrogen-bond donors (Lipinski definition) is 0. The van der Waals surface area contributed by atoms with Gasteiger partial charge in [0.2, 0.25) is 0 Å². The van der Waals surface area contributed by atoms with Crippen LogP contribution in [0.3, 0.4) is 0 Å². The molecule has 4 rings (SSSR count). The number of aromatic nitrogens is 2.